The summed E-state index contributed by atoms with van der Waals surface area (Å²) in [7, 11) is 0. The molecule has 3 aromatic heterocycles. The van der Waals surface area contributed by atoms with Gasteiger partial charge in [-0.3, -0.25) is 10.1 Å². The summed E-state index contributed by atoms with van der Waals surface area (Å²) in [5.74, 6) is -0.222. The first-order chi connectivity index (χ1) is 10.8. The van der Waals surface area contributed by atoms with Crippen molar-refractivity contribution in [1.82, 2.24) is 10.2 Å². The Hall–Kier alpha value is -2.76. The quantitative estimate of drug-likeness (QED) is 0.740. The van der Waals surface area contributed by atoms with Crippen LogP contribution in [0, 0.1) is 11.3 Å². The third kappa shape index (κ3) is 3.11. The van der Waals surface area contributed by atoms with Gasteiger partial charge in [-0.1, -0.05) is 17.4 Å². The molecule has 108 valence electrons. The molecule has 0 radical (unpaired) electrons. The van der Waals surface area contributed by atoms with Crippen LogP contribution in [0.1, 0.15) is 20.4 Å². The van der Waals surface area contributed by atoms with E-state index in [-0.39, 0.29) is 5.76 Å². The predicted molar refractivity (Wildman–Crippen MR) is 84.4 cm³/mol. The molecule has 1 N–H and O–H groups in total. The lowest BCUT2D eigenvalue weighted by atomic mass is 10.2. The first-order valence-electron chi connectivity index (χ1n) is 6.10. The van der Waals surface area contributed by atoms with Gasteiger partial charge in [0.05, 0.1) is 11.8 Å². The molecular weight excluding hydrogens is 320 g/mol. The highest BCUT2D eigenvalue weighted by atomic mass is 32.1. The molecule has 0 atom stereocenters. The van der Waals surface area contributed by atoms with Crippen molar-refractivity contribution in [1.29, 1.82) is 5.26 Å². The maximum absolute atomic E-state index is 11.8. The van der Waals surface area contributed by atoms with Crippen LogP contribution in [-0.2, 0) is 0 Å². The van der Waals surface area contributed by atoms with Gasteiger partial charge in [-0.05, 0) is 29.7 Å². The van der Waals surface area contributed by atoms with Crippen molar-refractivity contribution >= 4 is 45.4 Å². The molecule has 0 aliphatic rings. The fourth-order valence-electron chi connectivity index (χ4n) is 1.61. The molecule has 0 unspecified atom stereocenters. The molecule has 0 aromatic carbocycles. The van der Waals surface area contributed by atoms with Gasteiger partial charge < -0.3 is 4.42 Å². The Morgan fingerprint density at radius 2 is 2.27 bits per heavy atom. The van der Waals surface area contributed by atoms with Crippen LogP contribution in [0.3, 0.4) is 0 Å². The zero-order valence-corrected chi connectivity index (χ0v) is 12.6. The average Bonchev–Trinajstić information content (AvgIpc) is 3.26. The minimum Gasteiger partial charge on any atom is -0.459 e. The molecule has 0 fully saturated rings. The van der Waals surface area contributed by atoms with Crippen LogP contribution in [0.15, 0.2) is 40.3 Å². The smallest absolute Gasteiger partial charge is 0.293 e. The van der Waals surface area contributed by atoms with E-state index in [4.69, 9.17) is 4.42 Å². The number of carbonyl (C=O) groups is 1. The highest BCUT2D eigenvalue weighted by Crippen LogP contribution is 2.25. The van der Waals surface area contributed by atoms with E-state index in [2.05, 4.69) is 21.6 Å². The molecule has 1 amide bonds. The second-order valence-electron chi connectivity index (χ2n) is 4.03. The van der Waals surface area contributed by atoms with Gasteiger partial charge in [0, 0.05) is 4.88 Å². The van der Waals surface area contributed by atoms with Crippen molar-refractivity contribution in [3.05, 3.63) is 51.6 Å². The van der Waals surface area contributed by atoms with E-state index in [9.17, 15) is 10.1 Å². The van der Waals surface area contributed by atoms with E-state index < -0.39 is 5.91 Å². The fourth-order valence-corrected chi connectivity index (χ4v) is 2.97. The molecular formula is C14H8N4O2S2. The summed E-state index contributed by atoms with van der Waals surface area (Å²) in [5.41, 5.74) is 0.401. The number of hydrogen-bond acceptors (Lipinski definition) is 7. The summed E-state index contributed by atoms with van der Waals surface area (Å²) >= 11 is 2.65. The number of allylic oxidation sites excluding steroid dienone is 1. The first kappa shape index (κ1) is 14.2. The molecule has 0 bridgehead atoms. The number of anilines is 1. The predicted octanol–water partition coefficient (Wildman–Crippen LogP) is 3.51. The number of carbonyl (C=O) groups excluding carboxylic acids is 1. The molecule has 3 rings (SSSR count). The van der Waals surface area contributed by atoms with Gasteiger partial charge in [0.25, 0.3) is 5.91 Å². The highest BCUT2D eigenvalue weighted by Gasteiger charge is 2.14. The van der Waals surface area contributed by atoms with Crippen molar-refractivity contribution in [2.45, 2.75) is 0 Å². The summed E-state index contributed by atoms with van der Waals surface area (Å²) in [4.78, 5) is 12.8. The number of nitrogens with zero attached hydrogens (tertiary/aromatic N) is 3. The number of furan rings is 1. The van der Waals surface area contributed by atoms with Gasteiger partial charge >= 0.3 is 0 Å². The normalized spacial score (nSPS) is 11.1. The van der Waals surface area contributed by atoms with Crippen LogP contribution in [0.2, 0.25) is 0 Å². The van der Waals surface area contributed by atoms with E-state index in [0.29, 0.717) is 15.7 Å². The Bertz CT molecular complexity index is 842. The van der Waals surface area contributed by atoms with Gasteiger partial charge in [0.15, 0.2) is 10.8 Å². The Morgan fingerprint density at radius 1 is 1.36 bits per heavy atom. The average molecular weight is 328 g/mol. The molecule has 6 nitrogen and oxygen atoms in total. The maximum atomic E-state index is 11.8. The standard InChI is InChI=1S/C14H8N4O2S2/c15-8-9(7-10-3-2-6-21-10)13-17-18-14(22-13)16-12(19)11-4-1-5-20-11/h1-7H,(H,16,18,19)/b9-7+. The SMILES string of the molecule is N#C/C(=C\c1cccs1)c1nnc(NC(=O)c2ccco2)s1. The Kier molecular flexibility index (Phi) is 4.09. The molecule has 0 saturated heterocycles. The number of aromatic nitrogens is 2. The van der Waals surface area contributed by atoms with E-state index >= 15 is 0 Å². The highest BCUT2D eigenvalue weighted by molar-refractivity contribution is 7.16. The second kappa shape index (κ2) is 6.34. The molecule has 0 aliphatic heterocycles. The van der Waals surface area contributed by atoms with Gasteiger partial charge in [0.1, 0.15) is 6.07 Å². The van der Waals surface area contributed by atoms with Gasteiger partial charge in [-0.15, -0.1) is 21.5 Å². The minimum absolute atomic E-state index is 0.186. The molecule has 0 aliphatic carbocycles. The van der Waals surface area contributed by atoms with Crippen LogP contribution in [-0.4, -0.2) is 16.1 Å². The third-order valence-corrected chi connectivity index (χ3v) is 4.26. The number of rotatable bonds is 4. The number of thiophene rings is 1. The van der Waals surface area contributed by atoms with Crippen molar-refractivity contribution < 1.29 is 9.21 Å². The van der Waals surface area contributed by atoms with Crippen molar-refractivity contribution in [2.24, 2.45) is 0 Å². The van der Waals surface area contributed by atoms with Gasteiger partial charge in [-0.25, -0.2) is 0 Å². The maximum Gasteiger partial charge on any atom is 0.293 e. The summed E-state index contributed by atoms with van der Waals surface area (Å²) in [5, 5.41) is 22.3. The number of hydrogen-bond donors (Lipinski definition) is 1. The summed E-state index contributed by atoms with van der Waals surface area (Å²) in [6.07, 6.45) is 3.15. The second-order valence-corrected chi connectivity index (χ2v) is 5.99. The van der Waals surface area contributed by atoms with Crippen LogP contribution < -0.4 is 5.32 Å². The zero-order valence-electron chi connectivity index (χ0n) is 11.0. The molecule has 0 spiro atoms. The molecule has 0 saturated carbocycles. The molecule has 3 aromatic rings. The van der Waals surface area contributed by atoms with Crippen LogP contribution >= 0.6 is 22.7 Å². The van der Waals surface area contributed by atoms with E-state index in [1.165, 1.54) is 17.6 Å². The lowest BCUT2D eigenvalue weighted by Crippen LogP contribution is -2.10. The fraction of sp³-hybridized carbons (Fsp3) is 0. The van der Waals surface area contributed by atoms with Crippen molar-refractivity contribution in [3.63, 3.8) is 0 Å². The topological polar surface area (TPSA) is 91.8 Å². The van der Waals surface area contributed by atoms with Crippen molar-refractivity contribution in [2.75, 3.05) is 5.32 Å². The van der Waals surface area contributed by atoms with Crippen LogP contribution in [0.25, 0.3) is 11.6 Å². The lowest BCUT2D eigenvalue weighted by Gasteiger charge is -1.95. The Labute approximate surface area is 133 Å². The van der Waals surface area contributed by atoms with Crippen molar-refractivity contribution in [3.8, 4) is 6.07 Å². The van der Waals surface area contributed by atoms with E-state index in [0.717, 1.165) is 16.2 Å². The Balaban J connectivity index is 1.78. The van der Waals surface area contributed by atoms with Crippen LogP contribution in [0.5, 0.6) is 0 Å². The van der Waals surface area contributed by atoms with E-state index in [1.54, 1.807) is 18.2 Å². The minimum atomic E-state index is -0.409. The number of nitriles is 1. The largest absolute Gasteiger partial charge is 0.459 e. The third-order valence-electron chi connectivity index (χ3n) is 2.57. The first-order valence-corrected chi connectivity index (χ1v) is 7.80. The molecule has 22 heavy (non-hydrogen) atoms. The van der Waals surface area contributed by atoms with Gasteiger partial charge in [-0.2, -0.15) is 5.26 Å². The van der Waals surface area contributed by atoms with Crippen LogP contribution in [0.4, 0.5) is 5.13 Å². The van der Waals surface area contributed by atoms with Gasteiger partial charge in [0.2, 0.25) is 5.13 Å². The summed E-state index contributed by atoms with van der Waals surface area (Å²) in [6, 6.07) is 9.08. The number of amides is 1. The number of nitrogens with one attached hydrogen (secondary N) is 1. The summed E-state index contributed by atoms with van der Waals surface area (Å²) < 4.78 is 5.00. The molecule has 8 heteroatoms. The lowest BCUT2D eigenvalue weighted by molar-refractivity contribution is 0.0996. The monoisotopic (exact) mass is 328 g/mol. The van der Waals surface area contributed by atoms with E-state index in [1.807, 2.05) is 17.5 Å². The molecule has 3 heterocycles. The zero-order chi connectivity index (χ0) is 15.4. The summed E-state index contributed by atoms with van der Waals surface area (Å²) in [6.45, 7) is 0. The Morgan fingerprint density at radius 3 is 2.95 bits per heavy atom.